The van der Waals surface area contributed by atoms with Crippen molar-refractivity contribution in [3.05, 3.63) is 29.8 Å². The lowest BCUT2D eigenvalue weighted by molar-refractivity contribution is -0.140. The number of carboxylic acids is 1. The van der Waals surface area contributed by atoms with Crippen LogP contribution in [0.3, 0.4) is 0 Å². The Morgan fingerprint density at radius 1 is 1.27 bits per heavy atom. The molecule has 2 N–H and O–H groups in total. The number of nitrogens with one attached hydrogen (secondary N) is 1. The van der Waals surface area contributed by atoms with Gasteiger partial charge in [-0.1, -0.05) is 25.1 Å². The number of carboxylic acid groups (broad SMARTS) is 1. The molecule has 3 rings (SSSR count). The minimum atomic E-state index is -0.777. The monoisotopic (exact) mass is 360 g/mol. The van der Waals surface area contributed by atoms with Gasteiger partial charge in [-0.25, -0.2) is 0 Å². The average Bonchev–Trinajstić information content (AvgIpc) is 3.39. The number of hydrogen-bond donors (Lipinski definition) is 2. The van der Waals surface area contributed by atoms with Crippen molar-refractivity contribution in [2.75, 3.05) is 19.7 Å². The van der Waals surface area contributed by atoms with Crippen molar-refractivity contribution in [1.29, 1.82) is 0 Å². The third-order valence-corrected chi connectivity index (χ3v) is 5.23. The van der Waals surface area contributed by atoms with Gasteiger partial charge in [0, 0.05) is 18.6 Å². The average molecular weight is 360 g/mol. The van der Waals surface area contributed by atoms with E-state index in [0.717, 1.165) is 37.1 Å². The number of hydrogen-bond acceptors (Lipinski definition) is 4. The molecule has 0 saturated heterocycles. The van der Waals surface area contributed by atoms with Crippen LogP contribution in [0.2, 0.25) is 0 Å². The van der Waals surface area contributed by atoms with Crippen LogP contribution in [0.5, 0.6) is 5.75 Å². The molecule has 2 aliphatic carbocycles. The smallest absolute Gasteiger partial charge is 0.317 e. The van der Waals surface area contributed by atoms with E-state index in [4.69, 9.17) is 9.84 Å². The van der Waals surface area contributed by atoms with E-state index in [9.17, 15) is 9.59 Å². The number of aryl methyl sites for hydroxylation is 1. The van der Waals surface area contributed by atoms with Crippen molar-refractivity contribution in [3.63, 3.8) is 0 Å². The summed E-state index contributed by atoms with van der Waals surface area (Å²) in [6, 6.07) is 8.13. The lowest BCUT2D eigenvalue weighted by Crippen LogP contribution is -2.55. The van der Waals surface area contributed by atoms with Gasteiger partial charge in [-0.05, 0) is 49.7 Å². The second-order valence-corrected chi connectivity index (χ2v) is 7.41. The molecule has 0 spiro atoms. The number of nitrogens with zero attached hydrogens (tertiary/aromatic N) is 1. The molecule has 0 unspecified atom stereocenters. The van der Waals surface area contributed by atoms with E-state index in [1.165, 1.54) is 12.8 Å². The Hall–Kier alpha value is -2.08. The molecular formula is C20H28N2O4. The summed E-state index contributed by atoms with van der Waals surface area (Å²) in [6.07, 6.45) is 4.91. The van der Waals surface area contributed by atoms with E-state index in [1.54, 1.807) is 0 Å². The molecule has 0 aliphatic heterocycles. The van der Waals surface area contributed by atoms with Gasteiger partial charge in [0.05, 0.1) is 6.54 Å². The van der Waals surface area contributed by atoms with Gasteiger partial charge in [0.2, 0.25) is 0 Å². The van der Waals surface area contributed by atoms with Gasteiger partial charge in [-0.15, -0.1) is 0 Å². The van der Waals surface area contributed by atoms with Gasteiger partial charge in [0.25, 0.3) is 5.91 Å². The summed E-state index contributed by atoms with van der Waals surface area (Å²) in [6.45, 7) is 3.04. The fraction of sp³-hybridized carbons (Fsp3) is 0.600. The molecule has 26 heavy (non-hydrogen) atoms. The SMILES string of the molecule is CCc1ccccc1OCC(=O)NC1CC(N(CC(=O)O)CC2CC2)C1. The third kappa shape index (κ3) is 5.21. The van der Waals surface area contributed by atoms with Crippen LogP contribution in [0.4, 0.5) is 0 Å². The Kier molecular flexibility index (Phi) is 6.14. The van der Waals surface area contributed by atoms with Crippen molar-refractivity contribution in [2.45, 2.75) is 51.1 Å². The molecule has 2 aliphatic rings. The number of ether oxygens (including phenoxy) is 1. The molecule has 2 saturated carbocycles. The summed E-state index contributed by atoms with van der Waals surface area (Å²) >= 11 is 0. The maximum Gasteiger partial charge on any atom is 0.317 e. The standard InChI is InChI=1S/C20H28N2O4/c1-2-15-5-3-4-6-18(15)26-13-19(23)21-16-9-17(10-16)22(12-20(24)25)11-14-7-8-14/h3-6,14,16-17H,2,7-13H2,1H3,(H,21,23)(H,24,25). The normalized spacial score (nSPS) is 21.9. The van der Waals surface area contributed by atoms with E-state index in [-0.39, 0.29) is 31.1 Å². The molecule has 2 fully saturated rings. The first-order valence-electron chi connectivity index (χ1n) is 9.51. The van der Waals surface area contributed by atoms with Gasteiger partial charge in [-0.3, -0.25) is 14.5 Å². The Bertz CT molecular complexity index is 638. The summed E-state index contributed by atoms with van der Waals surface area (Å²) < 4.78 is 5.65. The summed E-state index contributed by atoms with van der Waals surface area (Å²) in [4.78, 5) is 25.2. The van der Waals surface area contributed by atoms with Crippen LogP contribution in [-0.2, 0) is 16.0 Å². The second-order valence-electron chi connectivity index (χ2n) is 7.41. The topological polar surface area (TPSA) is 78.9 Å². The zero-order valence-corrected chi connectivity index (χ0v) is 15.3. The lowest BCUT2D eigenvalue weighted by Gasteiger charge is -2.42. The fourth-order valence-electron chi connectivity index (χ4n) is 3.50. The number of amides is 1. The molecule has 6 nitrogen and oxygen atoms in total. The van der Waals surface area contributed by atoms with Crippen LogP contribution in [0.15, 0.2) is 24.3 Å². The van der Waals surface area contributed by atoms with Crippen molar-refractivity contribution < 1.29 is 19.4 Å². The number of rotatable bonds is 10. The molecular weight excluding hydrogens is 332 g/mol. The summed E-state index contributed by atoms with van der Waals surface area (Å²) in [5, 5.41) is 12.1. The molecule has 1 aromatic carbocycles. The first-order valence-corrected chi connectivity index (χ1v) is 9.51. The Morgan fingerprint density at radius 2 is 2.00 bits per heavy atom. The molecule has 0 heterocycles. The molecule has 6 heteroatoms. The quantitative estimate of drug-likeness (QED) is 0.668. The molecule has 0 atom stereocenters. The number of para-hydroxylation sites is 1. The van der Waals surface area contributed by atoms with E-state index in [0.29, 0.717) is 5.92 Å². The number of aliphatic carboxylic acids is 1. The van der Waals surface area contributed by atoms with Crippen LogP contribution >= 0.6 is 0 Å². The van der Waals surface area contributed by atoms with Gasteiger partial charge < -0.3 is 15.2 Å². The van der Waals surface area contributed by atoms with Crippen LogP contribution < -0.4 is 10.1 Å². The predicted octanol–water partition coefficient (Wildman–Crippen LogP) is 2.07. The molecule has 142 valence electrons. The maximum atomic E-state index is 12.1. The van der Waals surface area contributed by atoms with Crippen LogP contribution in [0.25, 0.3) is 0 Å². The molecule has 1 amide bonds. The minimum Gasteiger partial charge on any atom is -0.483 e. The highest BCUT2D eigenvalue weighted by Gasteiger charge is 2.37. The molecule has 0 radical (unpaired) electrons. The fourth-order valence-corrected chi connectivity index (χ4v) is 3.50. The largest absolute Gasteiger partial charge is 0.483 e. The lowest BCUT2D eigenvalue weighted by atomic mass is 9.85. The van der Waals surface area contributed by atoms with Gasteiger partial charge in [0.1, 0.15) is 5.75 Å². The third-order valence-electron chi connectivity index (χ3n) is 5.23. The summed E-state index contributed by atoms with van der Waals surface area (Å²) in [5.74, 6) is 0.524. The zero-order chi connectivity index (χ0) is 18.5. The van der Waals surface area contributed by atoms with Crippen molar-refractivity contribution >= 4 is 11.9 Å². The van der Waals surface area contributed by atoms with E-state index in [1.807, 2.05) is 24.3 Å². The van der Waals surface area contributed by atoms with Crippen molar-refractivity contribution in [3.8, 4) is 5.75 Å². The maximum absolute atomic E-state index is 12.1. The van der Waals surface area contributed by atoms with Crippen molar-refractivity contribution in [1.82, 2.24) is 10.2 Å². The number of benzene rings is 1. The molecule has 0 aromatic heterocycles. The van der Waals surface area contributed by atoms with Gasteiger partial charge >= 0.3 is 5.97 Å². The Morgan fingerprint density at radius 3 is 2.65 bits per heavy atom. The Balaban J connectivity index is 1.40. The van der Waals surface area contributed by atoms with E-state index >= 15 is 0 Å². The Labute approximate surface area is 154 Å². The molecule has 0 bridgehead atoms. The number of carbonyl (C=O) groups is 2. The van der Waals surface area contributed by atoms with Gasteiger partial charge in [0.15, 0.2) is 6.61 Å². The van der Waals surface area contributed by atoms with Crippen molar-refractivity contribution in [2.24, 2.45) is 5.92 Å². The zero-order valence-electron chi connectivity index (χ0n) is 15.3. The summed E-state index contributed by atoms with van der Waals surface area (Å²) in [5.41, 5.74) is 1.09. The first-order chi connectivity index (χ1) is 12.5. The molecule has 1 aromatic rings. The highest BCUT2D eigenvalue weighted by Crippen LogP contribution is 2.33. The predicted molar refractivity (Wildman–Crippen MR) is 98.2 cm³/mol. The first kappa shape index (κ1) is 18.7. The summed E-state index contributed by atoms with van der Waals surface area (Å²) in [7, 11) is 0. The van der Waals surface area contributed by atoms with Crippen LogP contribution in [0.1, 0.15) is 38.2 Å². The second kappa shape index (κ2) is 8.54. The van der Waals surface area contributed by atoms with E-state index < -0.39 is 5.97 Å². The minimum absolute atomic E-state index is 0.0130. The van der Waals surface area contributed by atoms with Crippen LogP contribution in [-0.4, -0.2) is 53.7 Å². The number of carbonyl (C=O) groups excluding carboxylic acids is 1. The van der Waals surface area contributed by atoms with Gasteiger partial charge in [-0.2, -0.15) is 0 Å². The highest BCUT2D eigenvalue weighted by molar-refractivity contribution is 5.78. The van der Waals surface area contributed by atoms with E-state index in [2.05, 4.69) is 17.1 Å². The highest BCUT2D eigenvalue weighted by atomic mass is 16.5. The van der Waals surface area contributed by atoms with Crippen LogP contribution in [0, 0.1) is 5.92 Å².